The largest absolute Gasteiger partial charge is 0.301 e. The van der Waals surface area contributed by atoms with Gasteiger partial charge in [0.2, 0.25) is 11.0 Å². The minimum Gasteiger partial charge on any atom is -0.301 e. The standard InChI is InChI=1S/C8H12ClN3OS/c1-6-11-12-8(14-6)10-7(13)4-2-3-5-9/h2-5H2,1H3,(H,10,12,13). The van der Waals surface area contributed by atoms with Gasteiger partial charge in [-0.1, -0.05) is 11.3 Å². The smallest absolute Gasteiger partial charge is 0.226 e. The van der Waals surface area contributed by atoms with Gasteiger partial charge in [0.1, 0.15) is 5.01 Å². The van der Waals surface area contributed by atoms with E-state index in [1.807, 2.05) is 6.92 Å². The lowest BCUT2D eigenvalue weighted by molar-refractivity contribution is -0.116. The van der Waals surface area contributed by atoms with Gasteiger partial charge in [-0.15, -0.1) is 21.8 Å². The number of halogens is 1. The van der Waals surface area contributed by atoms with Gasteiger partial charge in [0.05, 0.1) is 0 Å². The van der Waals surface area contributed by atoms with Crippen LogP contribution in [0.4, 0.5) is 5.13 Å². The van der Waals surface area contributed by atoms with Crippen molar-refractivity contribution in [3.05, 3.63) is 5.01 Å². The molecule has 0 unspecified atom stereocenters. The Hall–Kier alpha value is -0.680. The van der Waals surface area contributed by atoms with E-state index in [0.29, 0.717) is 17.4 Å². The molecule has 0 spiro atoms. The molecule has 1 heterocycles. The summed E-state index contributed by atoms with van der Waals surface area (Å²) >= 11 is 6.87. The molecule has 4 nitrogen and oxygen atoms in total. The maximum atomic E-state index is 11.3. The first-order chi connectivity index (χ1) is 6.72. The third-order valence-electron chi connectivity index (χ3n) is 1.56. The van der Waals surface area contributed by atoms with Crippen molar-refractivity contribution in [1.82, 2.24) is 10.2 Å². The molecule has 0 fully saturated rings. The highest BCUT2D eigenvalue weighted by molar-refractivity contribution is 7.15. The number of hydrogen-bond donors (Lipinski definition) is 1. The third kappa shape index (κ3) is 4.02. The summed E-state index contributed by atoms with van der Waals surface area (Å²) in [4.78, 5) is 11.3. The number of aromatic nitrogens is 2. The molecule has 1 rings (SSSR count). The van der Waals surface area contributed by atoms with E-state index in [9.17, 15) is 4.79 Å². The minimum atomic E-state index is -0.0220. The second-order valence-electron chi connectivity index (χ2n) is 2.82. The summed E-state index contributed by atoms with van der Waals surface area (Å²) in [7, 11) is 0. The number of anilines is 1. The van der Waals surface area contributed by atoms with Crippen LogP contribution in [0.5, 0.6) is 0 Å². The third-order valence-corrected chi connectivity index (χ3v) is 2.58. The van der Waals surface area contributed by atoms with Gasteiger partial charge in [-0.25, -0.2) is 0 Å². The van der Waals surface area contributed by atoms with Crippen LogP contribution in [0.15, 0.2) is 0 Å². The fraction of sp³-hybridized carbons (Fsp3) is 0.625. The number of unbranched alkanes of at least 4 members (excludes halogenated alkanes) is 1. The van der Waals surface area contributed by atoms with E-state index in [4.69, 9.17) is 11.6 Å². The van der Waals surface area contributed by atoms with Crippen molar-refractivity contribution in [2.75, 3.05) is 11.2 Å². The molecule has 0 atom stereocenters. The Bertz CT molecular complexity index is 303. The van der Waals surface area contributed by atoms with E-state index in [0.717, 1.165) is 17.8 Å². The number of nitrogens with zero attached hydrogens (tertiary/aromatic N) is 2. The van der Waals surface area contributed by atoms with Crippen LogP contribution in [0.3, 0.4) is 0 Å². The summed E-state index contributed by atoms with van der Waals surface area (Å²) in [6.45, 7) is 1.85. The topological polar surface area (TPSA) is 54.9 Å². The zero-order chi connectivity index (χ0) is 10.4. The van der Waals surface area contributed by atoms with E-state index < -0.39 is 0 Å². The number of nitrogens with one attached hydrogen (secondary N) is 1. The van der Waals surface area contributed by atoms with Crippen LogP contribution in [0.1, 0.15) is 24.3 Å². The van der Waals surface area contributed by atoms with E-state index in [-0.39, 0.29) is 5.91 Å². The molecule has 0 saturated carbocycles. The molecule has 1 N–H and O–H groups in total. The van der Waals surface area contributed by atoms with E-state index in [1.54, 1.807) is 0 Å². The zero-order valence-corrected chi connectivity index (χ0v) is 9.49. The van der Waals surface area contributed by atoms with Crippen LogP contribution in [0.2, 0.25) is 0 Å². The van der Waals surface area contributed by atoms with Crippen molar-refractivity contribution in [3.8, 4) is 0 Å². The summed E-state index contributed by atoms with van der Waals surface area (Å²) in [5, 5.41) is 11.7. The molecule has 1 aromatic rings. The van der Waals surface area contributed by atoms with Crippen LogP contribution in [-0.4, -0.2) is 22.0 Å². The first-order valence-corrected chi connectivity index (χ1v) is 5.73. The van der Waals surface area contributed by atoms with Gasteiger partial charge in [0.25, 0.3) is 0 Å². The zero-order valence-electron chi connectivity index (χ0n) is 7.92. The van der Waals surface area contributed by atoms with Crippen LogP contribution < -0.4 is 5.32 Å². The Kier molecular flexibility index (Phi) is 4.82. The van der Waals surface area contributed by atoms with Crippen molar-refractivity contribution in [2.45, 2.75) is 26.2 Å². The second kappa shape index (κ2) is 5.93. The molecule has 0 aliphatic heterocycles. The van der Waals surface area contributed by atoms with Gasteiger partial charge in [-0.3, -0.25) is 4.79 Å². The maximum Gasteiger partial charge on any atom is 0.226 e. The number of aryl methyl sites for hydroxylation is 1. The van der Waals surface area contributed by atoms with Gasteiger partial charge < -0.3 is 5.32 Å². The highest BCUT2D eigenvalue weighted by Crippen LogP contribution is 2.14. The molecule has 1 aromatic heterocycles. The summed E-state index contributed by atoms with van der Waals surface area (Å²) in [6.07, 6.45) is 2.17. The molecule has 0 aliphatic carbocycles. The molecule has 0 aromatic carbocycles. The second-order valence-corrected chi connectivity index (χ2v) is 4.38. The Morgan fingerprint density at radius 1 is 1.50 bits per heavy atom. The average molecular weight is 234 g/mol. The predicted octanol–water partition coefficient (Wildman–Crippen LogP) is 2.19. The average Bonchev–Trinajstić information content (AvgIpc) is 2.52. The molecule has 14 heavy (non-hydrogen) atoms. The number of rotatable bonds is 5. The van der Waals surface area contributed by atoms with Crippen molar-refractivity contribution < 1.29 is 4.79 Å². The highest BCUT2D eigenvalue weighted by atomic mass is 35.5. The van der Waals surface area contributed by atoms with E-state index in [2.05, 4.69) is 15.5 Å². The van der Waals surface area contributed by atoms with E-state index in [1.165, 1.54) is 11.3 Å². The monoisotopic (exact) mass is 233 g/mol. The molecular formula is C8H12ClN3OS. The molecule has 0 saturated heterocycles. The molecule has 1 amide bonds. The quantitative estimate of drug-likeness (QED) is 0.627. The number of carbonyl (C=O) groups is 1. The molecule has 0 aliphatic rings. The SMILES string of the molecule is Cc1nnc(NC(=O)CCCCCl)s1. The fourth-order valence-corrected chi connectivity index (χ4v) is 1.71. The number of amides is 1. The summed E-state index contributed by atoms with van der Waals surface area (Å²) in [5.74, 6) is 0.580. The van der Waals surface area contributed by atoms with Crippen LogP contribution in [0, 0.1) is 6.92 Å². The van der Waals surface area contributed by atoms with E-state index >= 15 is 0 Å². The lowest BCUT2D eigenvalue weighted by atomic mass is 10.2. The molecule has 0 radical (unpaired) electrons. The number of alkyl halides is 1. The highest BCUT2D eigenvalue weighted by Gasteiger charge is 2.05. The lowest BCUT2D eigenvalue weighted by Crippen LogP contribution is -2.10. The molecule has 6 heteroatoms. The summed E-state index contributed by atoms with van der Waals surface area (Å²) in [6, 6.07) is 0. The van der Waals surface area contributed by atoms with Crippen molar-refractivity contribution in [3.63, 3.8) is 0 Å². The fourth-order valence-electron chi connectivity index (χ4n) is 0.909. The van der Waals surface area contributed by atoms with Gasteiger partial charge in [-0.05, 0) is 19.8 Å². The summed E-state index contributed by atoms with van der Waals surface area (Å²) in [5.41, 5.74) is 0. The van der Waals surface area contributed by atoms with Gasteiger partial charge in [0, 0.05) is 12.3 Å². The molecule has 0 bridgehead atoms. The first kappa shape index (κ1) is 11.4. The molecule has 78 valence electrons. The molecular weight excluding hydrogens is 222 g/mol. The van der Waals surface area contributed by atoms with Crippen molar-refractivity contribution in [1.29, 1.82) is 0 Å². The normalized spacial score (nSPS) is 10.1. The Balaban J connectivity index is 2.27. The Morgan fingerprint density at radius 2 is 2.29 bits per heavy atom. The van der Waals surface area contributed by atoms with Crippen LogP contribution in [0.25, 0.3) is 0 Å². The number of hydrogen-bond acceptors (Lipinski definition) is 4. The Labute approximate surface area is 91.7 Å². The van der Waals surface area contributed by atoms with Crippen LogP contribution in [-0.2, 0) is 4.79 Å². The van der Waals surface area contributed by atoms with Crippen molar-refractivity contribution in [2.24, 2.45) is 0 Å². The van der Waals surface area contributed by atoms with Gasteiger partial charge in [-0.2, -0.15) is 0 Å². The van der Waals surface area contributed by atoms with Crippen LogP contribution >= 0.6 is 22.9 Å². The Morgan fingerprint density at radius 3 is 2.86 bits per heavy atom. The van der Waals surface area contributed by atoms with Crippen molar-refractivity contribution >= 4 is 34.0 Å². The van der Waals surface area contributed by atoms with Gasteiger partial charge >= 0.3 is 0 Å². The predicted molar refractivity (Wildman–Crippen MR) is 57.8 cm³/mol. The lowest BCUT2D eigenvalue weighted by Gasteiger charge is -1.98. The van der Waals surface area contributed by atoms with Gasteiger partial charge in [0.15, 0.2) is 0 Å². The first-order valence-electron chi connectivity index (χ1n) is 4.38. The minimum absolute atomic E-state index is 0.0220. The summed E-state index contributed by atoms with van der Waals surface area (Å²) < 4.78 is 0. The number of carbonyl (C=O) groups excluding carboxylic acids is 1. The maximum absolute atomic E-state index is 11.3.